The first-order valence-electron chi connectivity index (χ1n) is 7.99. The maximum absolute atomic E-state index is 12.8. The second-order valence-corrected chi connectivity index (χ2v) is 8.72. The number of halogens is 1. The van der Waals surface area contributed by atoms with Crippen LogP contribution >= 0.6 is 11.6 Å². The van der Waals surface area contributed by atoms with E-state index in [-0.39, 0.29) is 10.8 Å². The summed E-state index contributed by atoms with van der Waals surface area (Å²) in [5.74, 6) is -0.0174. The van der Waals surface area contributed by atoms with E-state index in [1.165, 1.54) is 10.4 Å². The fourth-order valence-corrected chi connectivity index (χ4v) is 4.81. The number of hydrogen-bond donors (Lipinski definition) is 1. The lowest BCUT2D eigenvalue weighted by Gasteiger charge is -2.40. The van der Waals surface area contributed by atoms with Crippen molar-refractivity contribution >= 4 is 27.5 Å². The summed E-state index contributed by atoms with van der Waals surface area (Å²) in [6, 6.07) is 4.80. The molecule has 1 aromatic rings. The highest BCUT2D eigenvalue weighted by atomic mass is 35.5. The molecule has 6 nitrogen and oxygen atoms in total. The van der Waals surface area contributed by atoms with Crippen molar-refractivity contribution in [1.29, 1.82) is 0 Å². The Hall–Kier alpha value is -1.15. The van der Waals surface area contributed by atoms with Gasteiger partial charge >= 0.3 is 0 Å². The minimum absolute atomic E-state index is 0.0174. The van der Waals surface area contributed by atoms with Gasteiger partial charge in [0.05, 0.1) is 17.1 Å². The number of benzene rings is 1. The first kappa shape index (κ1) is 17.7. The Kier molecular flexibility index (Phi) is 4.88. The van der Waals surface area contributed by atoms with E-state index in [0.29, 0.717) is 50.5 Å². The number of nitrogens with one attached hydrogen (secondary N) is 1. The van der Waals surface area contributed by atoms with Crippen LogP contribution in [0.25, 0.3) is 0 Å². The van der Waals surface area contributed by atoms with Crippen molar-refractivity contribution in [1.82, 2.24) is 9.62 Å². The van der Waals surface area contributed by atoms with E-state index in [1.54, 1.807) is 12.1 Å². The van der Waals surface area contributed by atoms with Crippen molar-refractivity contribution in [2.24, 2.45) is 0 Å². The summed E-state index contributed by atoms with van der Waals surface area (Å²) in [6.45, 7) is 3.39. The third kappa shape index (κ3) is 3.44. The molecule has 2 aliphatic rings. The topological polar surface area (TPSA) is 75.7 Å². The second-order valence-electron chi connectivity index (χ2n) is 6.37. The second kappa shape index (κ2) is 6.63. The van der Waals surface area contributed by atoms with Crippen LogP contribution in [-0.2, 0) is 19.6 Å². The maximum atomic E-state index is 12.8. The maximum Gasteiger partial charge on any atom is 0.243 e. The van der Waals surface area contributed by atoms with Crippen molar-refractivity contribution in [2.45, 2.75) is 36.7 Å². The van der Waals surface area contributed by atoms with Crippen LogP contribution in [0.4, 0.5) is 0 Å². The third-order valence-electron chi connectivity index (χ3n) is 4.76. The molecule has 1 aromatic carbocycles. The monoisotopic (exact) mass is 372 g/mol. The van der Waals surface area contributed by atoms with Gasteiger partial charge in [0.2, 0.25) is 15.9 Å². The van der Waals surface area contributed by atoms with E-state index in [1.807, 2.05) is 6.92 Å². The van der Waals surface area contributed by atoms with Crippen LogP contribution in [0.1, 0.15) is 24.8 Å². The van der Waals surface area contributed by atoms with Crippen LogP contribution in [0.3, 0.4) is 0 Å². The van der Waals surface area contributed by atoms with Crippen molar-refractivity contribution in [3.8, 4) is 0 Å². The van der Waals surface area contributed by atoms with Crippen molar-refractivity contribution in [3.05, 3.63) is 28.8 Å². The van der Waals surface area contributed by atoms with Crippen LogP contribution in [0.2, 0.25) is 5.02 Å². The number of hydrogen-bond acceptors (Lipinski definition) is 4. The largest absolute Gasteiger partial charge is 0.373 e. The number of aryl methyl sites for hydroxylation is 1. The number of carbonyl (C=O) groups excluding carboxylic acids is 1. The number of amides is 1. The molecule has 1 amide bonds. The summed E-state index contributed by atoms with van der Waals surface area (Å²) in [6.07, 6.45) is 1.48. The predicted octanol–water partition coefficient (Wildman–Crippen LogP) is 1.71. The summed E-state index contributed by atoms with van der Waals surface area (Å²) in [5.41, 5.74) is 0.388. The SMILES string of the molecule is Cc1ccc(S(=O)(=O)N2CCC3(CC2)CNC(=O)CCO3)cc1Cl. The van der Waals surface area contributed by atoms with Gasteiger partial charge in [-0.25, -0.2) is 8.42 Å². The molecular weight excluding hydrogens is 352 g/mol. The van der Waals surface area contributed by atoms with E-state index in [4.69, 9.17) is 16.3 Å². The van der Waals surface area contributed by atoms with E-state index >= 15 is 0 Å². The molecule has 0 unspecified atom stereocenters. The molecule has 132 valence electrons. The van der Waals surface area contributed by atoms with E-state index in [0.717, 1.165) is 5.56 Å². The number of sulfonamides is 1. The molecule has 3 rings (SSSR count). The molecule has 0 saturated carbocycles. The number of nitrogens with zero attached hydrogens (tertiary/aromatic N) is 1. The van der Waals surface area contributed by atoms with Crippen molar-refractivity contribution in [3.63, 3.8) is 0 Å². The fourth-order valence-electron chi connectivity index (χ4n) is 3.10. The van der Waals surface area contributed by atoms with Gasteiger partial charge in [0.25, 0.3) is 0 Å². The minimum Gasteiger partial charge on any atom is -0.373 e. The normalized spacial score (nSPS) is 22.2. The lowest BCUT2D eigenvalue weighted by atomic mass is 9.92. The summed E-state index contributed by atoms with van der Waals surface area (Å²) < 4.78 is 32.9. The van der Waals surface area contributed by atoms with Crippen LogP contribution in [-0.4, -0.2) is 50.5 Å². The molecule has 2 saturated heterocycles. The molecule has 24 heavy (non-hydrogen) atoms. The minimum atomic E-state index is -3.57. The zero-order valence-electron chi connectivity index (χ0n) is 13.5. The number of rotatable bonds is 2. The molecular formula is C16H21ClN2O4S. The predicted molar refractivity (Wildman–Crippen MR) is 90.5 cm³/mol. The van der Waals surface area contributed by atoms with Crippen LogP contribution < -0.4 is 5.32 Å². The Morgan fingerprint density at radius 2 is 2.00 bits per heavy atom. The molecule has 2 fully saturated rings. The lowest BCUT2D eigenvalue weighted by molar-refractivity contribution is -0.120. The van der Waals surface area contributed by atoms with Crippen molar-refractivity contribution in [2.75, 3.05) is 26.2 Å². The van der Waals surface area contributed by atoms with Gasteiger partial charge in [0.15, 0.2) is 0 Å². The van der Waals surface area contributed by atoms with Crippen LogP contribution in [0, 0.1) is 6.92 Å². The van der Waals surface area contributed by atoms with Gasteiger partial charge in [0, 0.05) is 31.1 Å². The Balaban J connectivity index is 1.73. The van der Waals surface area contributed by atoms with Gasteiger partial charge < -0.3 is 10.1 Å². The highest BCUT2D eigenvalue weighted by molar-refractivity contribution is 7.89. The Bertz CT molecular complexity index is 742. The summed E-state index contributed by atoms with van der Waals surface area (Å²) in [7, 11) is -3.57. The van der Waals surface area contributed by atoms with Gasteiger partial charge in [-0.3, -0.25) is 4.79 Å². The van der Waals surface area contributed by atoms with Crippen LogP contribution in [0.15, 0.2) is 23.1 Å². The first-order chi connectivity index (χ1) is 11.3. The van der Waals surface area contributed by atoms with E-state index in [2.05, 4.69) is 5.32 Å². The molecule has 2 aliphatic heterocycles. The summed E-state index contributed by atoms with van der Waals surface area (Å²) in [5, 5.41) is 3.30. The first-order valence-corrected chi connectivity index (χ1v) is 9.81. The zero-order chi connectivity index (χ0) is 17.4. The molecule has 2 heterocycles. The average molecular weight is 373 g/mol. The lowest BCUT2D eigenvalue weighted by Crippen LogP contribution is -2.52. The van der Waals surface area contributed by atoms with Crippen LogP contribution in [0.5, 0.6) is 0 Å². The number of carbonyl (C=O) groups is 1. The molecule has 1 N–H and O–H groups in total. The number of piperidine rings is 1. The molecule has 0 bridgehead atoms. The van der Waals surface area contributed by atoms with Gasteiger partial charge in [0.1, 0.15) is 0 Å². The molecule has 1 spiro atoms. The summed E-state index contributed by atoms with van der Waals surface area (Å²) >= 11 is 6.06. The molecule has 8 heteroatoms. The Morgan fingerprint density at radius 3 is 2.67 bits per heavy atom. The standard InChI is InChI=1S/C16H21ClN2O4S/c1-12-2-3-13(10-14(12)17)24(21,22)19-7-5-16(6-8-19)11-18-15(20)4-9-23-16/h2-3,10H,4-9,11H2,1H3,(H,18,20). The average Bonchev–Trinajstić information content (AvgIpc) is 2.73. The van der Waals surface area contributed by atoms with Gasteiger partial charge in [-0.05, 0) is 37.5 Å². The Labute approximate surface area is 147 Å². The van der Waals surface area contributed by atoms with Gasteiger partial charge in [-0.2, -0.15) is 4.31 Å². The van der Waals surface area contributed by atoms with Gasteiger partial charge in [-0.15, -0.1) is 0 Å². The fraction of sp³-hybridized carbons (Fsp3) is 0.562. The smallest absolute Gasteiger partial charge is 0.243 e. The van der Waals surface area contributed by atoms with E-state index < -0.39 is 15.6 Å². The van der Waals surface area contributed by atoms with Crippen molar-refractivity contribution < 1.29 is 17.9 Å². The van der Waals surface area contributed by atoms with E-state index in [9.17, 15) is 13.2 Å². The molecule has 0 radical (unpaired) electrons. The Morgan fingerprint density at radius 1 is 1.29 bits per heavy atom. The zero-order valence-corrected chi connectivity index (χ0v) is 15.1. The molecule has 0 aliphatic carbocycles. The highest BCUT2D eigenvalue weighted by Crippen LogP contribution is 2.31. The third-order valence-corrected chi connectivity index (χ3v) is 7.06. The summed E-state index contributed by atoms with van der Waals surface area (Å²) in [4.78, 5) is 11.7. The number of ether oxygens (including phenoxy) is 1. The quantitative estimate of drug-likeness (QED) is 0.857. The molecule has 0 aromatic heterocycles. The highest BCUT2D eigenvalue weighted by Gasteiger charge is 2.40. The van der Waals surface area contributed by atoms with Gasteiger partial charge in [-0.1, -0.05) is 17.7 Å². The molecule has 0 atom stereocenters.